The van der Waals surface area contributed by atoms with Crippen LogP contribution in [0.15, 0.2) is 87.3 Å². The molecule has 0 saturated heterocycles. The Morgan fingerprint density at radius 2 is 1.58 bits per heavy atom. The molecular weight excluding hydrogens is 480 g/mol. The zero-order valence-electron chi connectivity index (χ0n) is 20.1. The van der Waals surface area contributed by atoms with Gasteiger partial charge in [-0.05, 0) is 47.9 Å². The third kappa shape index (κ3) is 4.86. The van der Waals surface area contributed by atoms with Crippen LogP contribution < -0.4 is 21.3 Å². The summed E-state index contributed by atoms with van der Waals surface area (Å²) in [6, 6.07) is 18.5. The number of rotatable bonds is 7. The highest BCUT2D eigenvalue weighted by molar-refractivity contribution is 7.89. The van der Waals surface area contributed by atoms with Gasteiger partial charge in [-0.25, -0.2) is 13.2 Å². The first-order valence-corrected chi connectivity index (χ1v) is 12.8. The lowest BCUT2D eigenvalue weighted by atomic mass is 10.1. The highest BCUT2D eigenvalue weighted by Crippen LogP contribution is 2.22. The van der Waals surface area contributed by atoms with Crippen molar-refractivity contribution in [3.63, 3.8) is 0 Å². The lowest BCUT2D eigenvalue weighted by Gasteiger charge is -2.19. The van der Waals surface area contributed by atoms with Gasteiger partial charge in [-0.15, -0.1) is 0 Å². The van der Waals surface area contributed by atoms with Gasteiger partial charge in [-0.1, -0.05) is 49.4 Å². The van der Waals surface area contributed by atoms with Crippen LogP contribution in [0.1, 0.15) is 24.1 Å². The van der Waals surface area contributed by atoms with Gasteiger partial charge in [0.25, 0.3) is 5.56 Å². The van der Waals surface area contributed by atoms with E-state index >= 15 is 0 Å². The number of hydrogen-bond donors (Lipinski definition) is 2. The average molecular weight is 507 g/mol. The summed E-state index contributed by atoms with van der Waals surface area (Å²) >= 11 is 0. The molecule has 186 valence electrons. The quantitative estimate of drug-likeness (QED) is 0.399. The summed E-state index contributed by atoms with van der Waals surface area (Å²) in [6.45, 7) is 2.02. The van der Waals surface area contributed by atoms with Crippen LogP contribution in [0.3, 0.4) is 0 Å². The molecule has 1 heterocycles. The Morgan fingerprint density at radius 1 is 0.917 bits per heavy atom. The molecule has 36 heavy (non-hydrogen) atoms. The van der Waals surface area contributed by atoms with Crippen molar-refractivity contribution in [1.29, 1.82) is 0 Å². The SMILES string of the molecule is CCc1ccc(NC(=O)[C@@H](NS(=O)(=O)c2ccc3c(c2)c(=O)n(C)c(=O)n3C)c2ccccc2)cc1. The second kappa shape index (κ2) is 9.92. The highest BCUT2D eigenvalue weighted by atomic mass is 32.2. The molecule has 0 bridgehead atoms. The number of anilines is 1. The Morgan fingerprint density at radius 3 is 2.22 bits per heavy atom. The first kappa shape index (κ1) is 25.1. The van der Waals surface area contributed by atoms with Crippen LogP contribution in [0.25, 0.3) is 10.9 Å². The molecule has 2 N–H and O–H groups in total. The Balaban J connectivity index is 1.72. The number of amides is 1. The summed E-state index contributed by atoms with van der Waals surface area (Å²) < 4.78 is 31.4. The van der Waals surface area contributed by atoms with Crippen molar-refractivity contribution >= 4 is 32.5 Å². The van der Waals surface area contributed by atoms with Gasteiger partial charge in [-0.2, -0.15) is 4.72 Å². The molecule has 10 heteroatoms. The Bertz CT molecular complexity index is 1660. The molecule has 1 atom stereocenters. The van der Waals surface area contributed by atoms with Crippen LogP contribution in [0.5, 0.6) is 0 Å². The topological polar surface area (TPSA) is 119 Å². The lowest BCUT2D eigenvalue weighted by molar-refractivity contribution is -0.117. The molecule has 0 unspecified atom stereocenters. The number of sulfonamides is 1. The number of carbonyl (C=O) groups is 1. The summed E-state index contributed by atoms with van der Waals surface area (Å²) in [5.74, 6) is -0.562. The predicted octanol–water partition coefficient (Wildman–Crippen LogP) is 2.46. The maximum Gasteiger partial charge on any atom is 0.330 e. The van der Waals surface area contributed by atoms with Crippen molar-refractivity contribution in [2.45, 2.75) is 24.3 Å². The second-order valence-corrected chi connectivity index (χ2v) is 10.1. The molecule has 1 amide bonds. The molecule has 0 aliphatic heterocycles. The molecular formula is C26H26N4O5S. The molecule has 0 aliphatic carbocycles. The van der Waals surface area contributed by atoms with E-state index in [0.717, 1.165) is 16.6 Å². The highest BCUT2D eigenvalue weighted by Gasteiger charge is 2.28. The molecule has 0 saturated carbocycles. The number of nitrogens with one attached hydrogen (secondary N) is 2. The van der Waals surface area contributed by atoms with Crippen LogP contribution in [0.4, 0.5) is 5.69 Å². The normalized spacial score (nSPS) is 12.4. The molecule has 4 rings (SSSR count). The number of aryl methyl sites for hydroxylation is 2. The number of aromatic nitrogens is 2. The third-order valence-electron chi connectivity index (χ3n) is 6.05. The van der Waals surface area contributed by atoms with Crippen molar-refractivity contribution in [3.05, 3.63) is 105 Å². The maximum atomic E-state index is 13.4. The lowest BCUT2D eigenvalue weighted by Crippen LogP contribution is -2.38. The van der Waals surface area contributed by atoms with E-state index in [2.05, 4.69) is 10.0 Å². The molecule has 1 aromatic heterocycles. The van der Waals surface area contributed by atoms with E-state index in [9.17, 15) is 22.8 Å². The Labute approximate surface area is 208 Å². The average Bonchev–Trinajstić information content (AvgIpc) is 2.89. The second-order valence-electron chi connectivity index (χ2n) is 8.39. The van der Waals surface area contributed by atoms with Crippen LogP contribution in [-0.4, -0.2) is 23.5 Å². The minimum absolute atomic E-state index is 0.0687. The van der Waals surface area contributed by atoms with Crippen molar-refractivity contribution in [3.8, 4) is 0 Å². The fourth-order valence-electron chi connectivity index (χ4n) is 3.92. The smallest absolute Gasteiger partial charge is 0.324 e. The summed E-state index contributed by atoms with van der Waals surface area (Å²) in [6.07, 6.45) is 0.851. The van der Waals surface area contributed by atoms with Gasteiger partial charge in [0.2, 0.25) is 15.9 Å². The fraction of sp³-hybridized carbons (Fsp3) is 0.192. The number of nitrogens with zero attached hydrogens (tertiary/aromatic N) is 2. The minimum Gasteiger partial charge on any atom is -0.324 e. The van der Waals surface area contributed by atoms with Gasteiger partial charge in [-0.3, -0.25) is 18.7 Å². The molecule has 4 aromatic rings. The molecule has 0 fully saturated rings. The molecule has 3 aromatic carbocycles. The van der Waals surface area contributed by atoms with Gasteiger partial charge in [0.15, 0.2) is 0 Å². The number of fused-ring (bicyclic) bond motifs is 1. The van der Waals surface area contributed by atoms with Crippen molar-refractivity contribution < 1.29 is 13.2 Å². The Kier molecular flexibility index (Phi) is 6.91. The fourth-order valence-corrected chi connectivity index (χ4v) is 5.13. The van der Waals surface area contributed by atoms with E-state index < -0.39 is 33.2 Å². The summed E-state index contributed by atoms with van der Waals surface area (Å²) in [4.78, 5) is 37.9. The van der Waals surface area contributed by atoms with Crippen molar-refractivity contribution in [2.75, 3.05) is 5.32 Å². The van der Waals surface area contributed by atoms with Crippen LogP contribution in [-0.2, 0) is 35.3 Å². The summed E-state index contributed by atoms with van der Waals surface area (Å²) in [7, 11) is -1.42. The van der Waals surface area contributed by atoms with Crippen molar-refractivity contribution in [2.24, 2.45) is 14.1 Å². The first-order chi connectivity index (χ1) is 17.1. The van der Waals surface area contributed by atoms with Gasteiger partial charge in [0.05, 0.1) is 15.8 Å². The van der Waals surface area contributed by atoms with Gasteiger partial charge in [0.1, 0.15) is 6.04 Å². The number of carbonyl (C=O) groups excluding carboxylic acids is 1. The number of hydrogen-bond acceptors (Lipinski definition) is 5. The summed E-state index contributed by atoms with van der Waals surface area (Å²) in [5, 5.41) is 2.84. The minimum atomic E-state index is -4.25. The largest absolute Gasteiger partial charge is 0.330 e. The molecule has 0 aliphatic rings. The molecule has 0 spiro atoms. The van der Waals surface area contributed by atoms with E-state index in [1.807, 2.05) is 19.1 Å². The number of benzene rings is 3. The zero-order chi connectivity index (χ0) is 26.0. The van der Waals surface area contributed by atoms with Gasteiger partial charge in [0, 0.05) is 19.8 Å². The Hall–Kier alpha value is -4.02. The van der Waals surface area contributed by atoms with Gasteiger partial charge >= 0.3 is 5.69 Å². The zero-order valence-corrected chi connectivity index (χ0v) is 20.9. The predicted molar refractivity (Wildman–Crippen MR) is 138 cm³/mol. The first-order valence-electron chi connectivity index (χ1n) is 11.3. The monoisotopic (exact) mass is 506 g/mol. The summed E-state index contributed by atoms with van der Waals surface area (Å²) in [5.41, 5.74) is 1.26. The van der Waals surface area contributed by atoms with E-state index in [0.29, 0.717) is 16.8 Å². The molecule has 9 nitrogen and oxygen atoms in total. The van der Waals surface area contributed by atoms with E-state index in [-0.39, 0.29) is 10.3 Å². The van der Waals surface area contributed by atoms with E-state index in [1.165, 1.54) is 36.9 Å². The standard InChI is InChI=1S/C26H26N4O5S/c1-4-17-10-12-19(13-11-17)27-24(31)23(18-8-6-5-7-9-18)28-36(34,35)20-14-15-22-21(16-20)25(32)30(3)26(33)29(22)2/h5-16,23,28H,4H2,1-3H3,(H,27,31)/t23-/m0/s1. The van der Waals surface area contributed by atoms with E-state index in [1.54, 1.807) is 42.5 Å². The van der Waals surface area contributed by atoms with Crippen LogP contribution in [0.2, 0.25) is 0 Å². The maximum absolute atomic E-state index is 13.4. The van der Waals surface area contributed by atoms with Crippen LogP contribution >= 0.6 is 0 Å². The van der Waals surface area contributed by atoms with Crippen molar-refractivity contribution in [1.82, 2.24) is 13.9 Å². The van der Waals surface area contributed by atoms with Crippen LogP contribution in [0, 0.1) is 0 Å². The molecule has 0 radical (unpaired) electrons. The van der Waals surface area contributed by atoms with Gasteiger partial charge < -0.3 is 5.32 Å². The van der Waals surface area contributed by atoms with E-state index in [4.69, 9.17) is 0 Å². The third-order valence-corrected chi connectivity index (χ3v) is 7.47.